The second-order valence-corrected chi connectivity index (χ2v) is 9.09. The highest BCUT2D eigenvalue weighted by atomic mass is 35.5. The van der Waals surface area contributed by atoms with E-state index in [1.807, 2.05) is 6.92 Å². The van der Waals surface area contributed by atoms with Gasteiger partial charge >= 0.3 is 10.1 Å². The lowest BCUT2D eigenvalue weighted by Gasteiger charge is -2.10. The minimum absolute atomic E-state index is 0.0332. The number of halogens is 1. The van der Waals surface area contributed by atoms with Crippen LogP contribution in [0.15, 0.2) is 52.3 Å². The van der Waals surface area contributed by atoms with E-state index in [4.69, 9.17) is 28.0 Å². The van der Waals surface area contributed by atoms with Crippen LogP contribution in [0.2, 0.25) is 5.02 Å². The number of amides is 1. The van der Waals surface area contributed by atoms with Crippen molar-refractivity contribution < 1.29 is 17.4 Å². The Morgan fingerprint density at radius 3 is 2.50 bits per heavy atom. The highest BCUT2D eigenvalue weighted by Gasteiger charge is 2.24. The van der Waals surface area contributed by atoms with Crippen LogP contribution < -0.4 is 9.50 Å². The van der Waals surface area contributed by atoms with Crippen molar-refractivity contribution in [1.29, 1.82) is 0 Å². The van der Waals surface area contributed by atoms with Crippen molar-refractivity contribution >= 4 is 62.0 Å². The predicted octanol–water partition coefficient (Wildman–Crippen LogP) is 3.90. The molecule has 1 amide bonds. The molecule has 1 aliphatic rings. The lowest BCUT2D eigenvalue weighted by Crippen LogP contribution is -2.17. The van der Waals surface area contributed by atoms with Crippen LogP contribution in [-0.4, -0.2) is 18.6 Å². The molecule has 1 aliphatic heterocycles. The summed E-state index contributed by atoms with van der Waals surface area (Å²) in [6.07, 6.45) is 1.49. The largest absolute Gasteiger partial charge is 0.378 e. The topological polar surface area (TPSA) is 72.5 Å². The normalized spacial score (nSPS) is 16.0. The van der Waals surface area contributed by atoms with Gasteiger partial charge in [-0.1, -0.05) is 53.3 Å². The molecule has 0 saturated carbocycles. The van der Waals surface area contributed by atoms with Crippen molar-refractivity contribution in [2.45, 2.75) is 11.8 Å². The summed E-state index contributed by atoms with van der Waals surface area (Å²) in [7, 11) is -4.03. The number of nitrogens with one attached hydrogen (secondary N) is 1. The molecular formula is C17H12ClNO4S3. The van der Waals surface area contributed by atoms with Gasteiger partial charge in [-0.3, -0.25) is 4.79 Å². The number of aryl methyl sites for hydroxylation is 1. The third-order valence-electron chi connectivity index (χ3n) is 3.41. The second-order valence-electron chi connectivity index (χ2n) is 5.38. The van der Waals surface area contributed by atoms with E-state index in [2.05, 4.69) is 5.32 Å². The molecule has 1 N–H and O–H groups in total. The summed E-state index contributed by atoms with van der Waals surface area (Å²) in [6, 6.07) is 10.8. The van der Waals surface area contributed by atoms with Gasteiger partial charge in [-0.05, 0) is 43.3 Å². The number of carbonyl (C=O) groups is 1. The van der Waals surface area contributed by atoms with E-state index in [1.54, 1.807) is 12.1 Å². The first-order valence-electron chi connectivity index (χ1n) is 7.30. The van der Waals surface area contributed by atoms with E-state index in [-0.39, 0.29) is 16.6 Å². The molecule has 9 heteroatoms. The fourth-order valence-electron chi connectivity index (χ4n) is 2.14. The number of benzene rings is 2. The summed E-state index contributed by atoms with van der Waals surface area (Å²) >= 11 is 12.0. The van der Waals surface area contributed by atoms with Gasteiger partial charge in [-0.2, -0.15) is 8.42 Å². The highest BCUT2D eigenvalue weighted by Crippen LogP contribution is 2.32. The van der Waals surface area contributed by atoms with Gasteiger partial charge in [0.15, 0.2) is 0 Å². The summed E-state index contributed by atoms with van der Waals surface area (Å²) in [5.74, 6) is -0.291. The molecule has 134 valence electrons. The molecule has 26 heavy (non-hydrogen) atoms. The Balaban J connectivity index is 1.98. The molecule has 2 aromatic rings. The first-order valence-corrected chi connectivity index (χ1v) is 10.3. The molecular weight excluding hydrogens is 414 g/mol. The van der Waals surface area contributed by atoms with Crippen molar-refractivity contribution in [3.05, 3.63) is 63.5 Å². The number of rotatable bonds is 4. The molecule has 0 bridgehead atoms. The standard InChI is InChI=1S/C17H12ClNO4S3/c1-10-2-5-13(6-3-10)26(21,22)23-14-7-4-12(18)8-11(14)9-15-16(20)19-17(24)25-15/h2-9H,1H3,(H,19,20,24)/b15-9-. The fourth-order valence-corrected chi connectivity index (χ4v) is 4.31. The van der Waals surface area contributed by atoms with Gasteiger partial charge in [0.25, 0.3) is 5.91 Å². The Morgan fingerprint density at radius 2 is 1.88 bits per heavy atom. The predicted molar refractivity (Wildman–Crippen MR) is 107 cm³/mol. The molecule has 0 spiro atoms. The zero-order valence-corrected chi connectivity index (χ0v) is 16.6. The maximum Gasteiger partial charge on any atom is 0.339 e. The molecule has 1 fully saturated rings. The van der Waals surface area contributed by atoms with Crippen LogP contribution in [0.1, 0.15) is 11.1 Å². The van der Waals surface area contributed by atoms with Gasteiger partial charge in [-0.15, -0.1) is 0 Å². The van der Waals surface area contributed by atoms with E-state index in [0.29, 0.717) is 19.8 Å². The minimum Gasteiger partial charge on any atom is -0.378 e. The zero-order valence-electron chi connectivity index (χ0n) is 13.4. The quantitative estimate of drug-likeness (QED) is 0.455. The van der Waals surface area contributed by atoms with Crippen LogP contribution in [0.5, 0.6) is 5.75 Å². The Bertz CT molecular complexity index is 1030. The van der Waals surface area contributed by atoms with Crippen LogP contribution in [0.25, 0.3) is 6.08 Å². The summed E-state index contributed by atoms with van der Waals surface area (Å²) in [5, 5.41) is 2.87. The van der Waals surface area contributed by atoms with Gasteiger partial charge in [0.2, 0.25) is 0 Å². The van der Waals surface area contributed by atoms with E-state index in [1.165, 1.54) is 36.4 Å². The van der Waals surface area contributed by atoms with E-state index < -0.39 is 10.1 Å². The van der Waals surface area contributed by atoms with Crippen molar-refractivity contribution in [1.82, 2.24) is 5.32 Å². The van der Waals surface area contributed by atoms with Gasteiger partial charge < -0.3 is 9.50 Å². The second kappa shape index (κ2) is 7.40. The van der Waals surface area contributed by atoms with Crippen molar-refractivity contribution in [3.63, 3.8) is 0 Å². The maximum atomic E-state index is 12.5. The molecule has 1 heterocycles. The third kappa shape index (κ3) is 4.27. The van der Waals surface area contributed by atoms with Gasteiger partial charge in [0, 0.05) is 10.6 Å². The van der Waals surface area contributed by atoms with Crippen LogP contribution >= 0.6 is 35.6 Å². The van der Waals surface area contributed by atoms with E-state index in [0.717, 1.165) is 17.3 Å². The molecule has 0 aliphatic carbocycles. The number of thiocarbonyl (C=S) groups is 1. The van der Waals surface area contributed by atoms with Crippen molar-refractivity contribution in [3.8, 4) is 5.75 Å². The molecule has 5 nitrogen and oxygen atoms in total. The average molecular weight is 426 g/mol. The maximum absolute atomic E-state index is 12.5. The first-order chi connectivity index (χ1) is 12.2. The Kier molecular flexibility index (Phi) is 5.38. The van der Waals surface area contributed by atoms with Crippen LogP contribution in [0.3, 0.4) is 0 Å². The Hall–Kier alpha value is -1.87. The van der Waals surface area contributed by atoms with Gasteiger partial charge in [-0.25, -0.2) is 0 Å². The summed E-state index contributed by atoms with van der Waals surface area (Å²) in [6.45, 7) is 1.86. The van der Waals surface area contributed by atoms with Crippen LogP contribution in [0, 0.1) is 6.92 Å². The molecule has 2 aromatic carbocycles. The first kappa shape index (κ1) is 18.9. The minimum atomic E-state index is -4.03. The van der Waals surface area contributed by atoms with Gasteiger partial charge in [0.1, 0.15) is 15.0 Å². The van der Waals surface area contributed by atoms with E-state index >= 15 is 0 Å². The van der Waals surface area contributed by atoms with Crippen LogP contribution in [0.4, 0.5) is 0 Å². The third-order valence-corrected chi connectivity index (χ3v) is 6.06. The Morgan fingerprint density at radius 1 is 1.19 bits per heavy atom. The average Bonchev–Trinajstić information content (AvgIpc) is 2.88. The molecule has 0 unspecified atom stereocenters. The SMILES string of the molecule is Cc1ccc(S(=O)(=O)Oc2ccc(Cl)cc2/C=C2\SC(=S)NC2=O)cc1. The zero-order chi connectivity index (χ0) is 18.9. The smallest absolute Gasteiger partial charge is 0.339 e. The molecule has 0 radical (unpaired) electrons. The summed E-state index contributed by atoms with van der Waals surface area (Å²) in [4.78, 5) is 12.2. The number of hydrogen-bond donors (Lipinski definition) is 1. The van der Waals surface area contributed by atoms with E-state index in [9.17, 15) is 13.2 Å². The summed E-state index contributed by atoms with van der Waals surface area (Å²) < 4.78 is 30.7. The monoisotopic (exact) mass is 425 g/mol. The van der Waals surface area contributed by atoms with Crippen LogP contribution in [-0.2, 0) is 14.9 Å². The number of carbonyl (C=O) groups excluding carboxylic acids is 1. The molecule has 0 atom stereocenters. The molecule has 3 rings (SSSR count). The number of hydrogen-bond acceptors (Lipinski definition) is 6. The Labute approximate surface area is 165 Å². The lowest BCUT2D eigenvalue weighted by molar-refractivity contribution is -0.115. The lowest BCUT2D eigenvalue weighted by atomic mass is 10.2. The molecule has 0 aromatic heterocycles. The number of thioether (sulfide) groups is 1. The van der Waals surface area contributed by atoms with Crippen molar-refractivity contribution in [2.75, 3.05) is 0 Å². The van der Waals surface area contributed by atoms with Gasteiger partial charge in [0.05, 0.1) is 4.91 Å². The highest BCUT2D eigenvalue weighted by molar-refractivity contribution is 8.26. The molecule has 1 saturated heterocycles. The van der Waals surface area contributed by atoms with Crippen molar-refractivity contribution in [2.24, 2.45) is 0 Å². The summed E-state index contributed by atoms with van der Waals surface area (Å²) in [5.41, 5.74) is 1.29. The fraction of sp³-hybridized carbons (Fsp3) is 0.0588.